The van der Waals surface area contributed by atoms with Gasteiger partial charge in [-0.15, -0.1) is 0 Å². The first-order valence-corrected chi connectivity index (χ1v) is 10.7. The average molecular weight is 419 g/mol. The van der Waals surface area contributed by atoms with Crippen LogP contribution in [-0.4, -0.2) is 90.9 Å². The molecule has 0 bridgehead atoms. The highest BCUT2D eigenvalue weighted by Crippen LogP contribution is 2.34. The van der Waals surface area contributed by atoms with E-state index < -0.39 is 12.3 Å². The smallest absolute Gasteiger partial charge is 0.317 e. The first kappa shape index (κ1) is 26.0. The minimum absolute atomic E-state index is 0.173. The maximum absolute atomic E-state index is 10.1. The fourth-order valence-electron chi connectivity index (χ4n) is 2.85. The Morgan fingerprint density at radius 1 is 1.00 bits per heavy atom. The van der Waals surface area contributed by atoms with Gasteiger partial charge in [0.1, 0.15) is 6.73 Å². The molecule has 0 aromatic carbocycles. The number of ether oxygens (including phenoxy) is 1. The molecule has 0 saturated heterocycles. The van der Waals surface area contributed by atoms with Crippen molar-refractivity contribution in [3.05, 3.63) is 0 Å². The molecule has 2 atom stereocenters. The van der Waals surface area contributed by atoms with Gasteiger partial charge < -0.3 is 15.6 Å². The maximum atomic E-state index is 10.1. The summed E-state index contributed by atoms with van der Waals surface area (Å²) in [6.07, 6.45) is 4.95. The monoisotopic (exact) mass is 418 g/mol. The fourth-order valence-corrected chi connectivity index (χ4v) is 2.85. The van der Waals surface area contributed by atoms with E-state index in [-0.39, 0.29) is 12.7 Å². The van der Waals surface area contributed by atoms with E-state index >= 15 is 0 Å². The molecule has 3 N–H and O–H groups in total. The highest BCUT2D eigenvalue weighted by atomic mass is 16.8. The number of aliphatic hydroxyl groups excluding tert-OH is 1. The van der Waals surface area contributed by atoms with Crippen molar-refractivity contribution >= 4 is 5.96 Å². The molecule has 0 aromatic heterocycles. The molecular weight excluding hydrogens is 376 g/mol. The summed E-state index contributed by atoms with van der Waals surface area (Å²) in [6, 6.07) is 0. The average Bonchev–Trinajstić information content (AvgIpc) is 2.70. The van der Waals surface area contributed by atoms with E-state index in [9.17, 15) is 5.11 Å². The molecule has 10 heteroatoms. The molecule has 0 saturated carbocycles. The van der Waals surface area contributed by atoms with Gasteiger partial charge in [0, 0.05) is 0 Å². The van der Waals surface area contributed by atoms with Crippen LogP contribution in [0.2, 0.25) is 0 Å². The highest BCUT2D eigenvalue weighted by Gasteiger charge is 2.57. The van der Waals surface area contributed by atoms with Crippen molar-refractivity contribution < 1.29 is 19.5 Å². The van der Waals surface area contributed by atoms with Crippen LogP contribution in [0.25, 0.3) is 0 Å². The van der Waals surface area contributed by atoms with E-state index in [0.717, 1.165) is 38.5 Å². The quantitative estimate of drug-likeness (QED) is 0.303. The number of aliphatic hydroxyl groups is 1. The van der Waals surface area contributed by atoms with Crippen LogP contribution in [0.3, 0.4) is 0 Å². The summed E-state index contributed by atoms with van der Waals surface area (Å²) in [5.41, 5.74) is 6.33. The molecule has 1 aliphatic heterocycles. The summed E-state index contributed by atoms with van der Waals surface area (Å²) in [6.45, 7) is 7.36. The zero-order valence-corrected chi connectivity index (χ0v) is 19.1. The second-order valence-electron chi connectivity index (χ2n) is 7.41. The zero-order valence-electron chi connectivity index (χ0n) is 19.1. The van der Waals surface area contributed by atoms with Crippen LogP contribution in [0.15, 0.2) is 4.99 Å². The van der Waals surface area contributed by atoms with Gasteiger partial charge in [0.2, 0.25) is 5.96 Å². The van der Waals surface area contributed by atoms with Crippen molar-refractivity contribution in [2.75, 3.05) is 47.7 Å². The summed E-state index contributed by atoms with van der Waals surface area (Å²) in [7, 11) is 5.52. The SMILES string of the molecule is CCCCON1C(N)=NC(N(C)C)N(OCCCC)C1(OCCCC)N(C)CO. The van der Waals surface area contributed by atoms with Gasteiger partial charge in [0.05, 0.1) is 19.8 Å². The molecule has 2 unspecified atom stereocenters. The molecule has 0 fully saturated rings. The van der Waals surface area contributed by atoms with Crippen LogP contribution in [0.1, 0.15) is 59.3 Å². The van der Waals surface area contributed by atoms with E-state index in [2.05, 4.69) is 25.8 Å². The summed E-state index contributed by atoms with van der Waals surface area (Å²) >= 11 is 0. The molecule has 10 nitrogen and oxygen atoms in total. The van der Waals surface area contributed by atoms with Crippen LogP contribution in [-0.2, 0) is 14.4 Å². The molecule has 1 rings (SSSR count). The Hall–Kier alpha value is -1.01. The molecule has 1 aliphatic rings. The maximum Gasteiger partial charge on any atom is 0.317 e. The Labute approximate surface area is 176 Å². The molecule has 29 heavy (non-hydrogen) atoms. The summed E-state index contributed by atoms with van der Waals surface area (Å²) in [4.78, 5) is 20.3. The third-order valence-electron chi connectivity index (χ3n) is 4.63. The Morgan fingerprint density at radius 2 is 1.55 bits per heavy atom. The predicted octanol–water partition coefficient (Wildman–Crippen LogP) is 1.54. The Balaban J connectivity index is 3.44. The van der Waals surface area contributed by atoms with Crippen LogP contribution in [0.5, 0.6) is 0 Å². The molecule has 0 radical (unpaired) electrons. The summed E-state index contributed by atoms with van der Waals surface area (Å²) in [5, 5.41) is 13.2. The lowest BCUT2D eigenvalue weighted by molar-refractivity contribution is -0.477. The van der Waals surface area contributed by atoms with Crippen LogP contribution < -0.4 is 5.73 Å². The standard InChI is InChI=1S/C19H42N6O4/c1-7-10-13-27-19(23(6)16-26)24(28-14-11-8-2)17(20)21-18(22(4)5)25(19)29-15-12-9-3/h18,26H,7-16H2,1-6H3,(H2,20,21). The number of nitrogens with two attached hydrogens (primary N) is 1. The Bertz CT molecular complexity index is 482. The minimum atomic E-state index is -1.40. The van der Waals surface area contributed by atoms with E-state index in [4.69, 9.17) is 20.1 Å². The van der Waals surface area contributed by atoms with Gasteiger partial charge in [0.15, 0.2) is 6.29 Å². The number of aliphatic imine (C=N–C) groups is 1. The van der Waals surface area contributed by atoms with Gasteiger partial charge >= 0.3 is 5.97 Å². The number of unbranched alkanes of at least 4 members (excludes halogenated alkanes) is 3. The van der Waals surface area contributed by atoms with E-state index in [1.54, 1.807) is 17.0 Å². The predicted molar refractivity (Wildman–Crippen MR) is 113 cm³/mol. The zero-order chi connectivity index (χ0) is 21.9. The second-order valence-corrected chi connectivity index (χ2v) is 7.41. The first-order chi connectivity index (χ1) is 13.9. The van der Waals surface area contributed by atoms with Crippen LogP contribution in [0, 0.1) is 0 Å². The topological polar surface area (TPSA) is 99.3 Å². The minimum Gasteiger partial charge on any atom is -0.381 e. The van der Waals surface area contributed by atoms with Gasteiger partial charge in [-0.05, 0) is 40.4 Å². The van der Waals surface area contributed by atoms with Crippen molar-refractivity contribution in [1.29, 1.82) is 0 Å². The van der Waals surface area contributed by atoms with Gasteiger partial charge in [0.25, 0.3) is 0 Å². The number of rotatable bonds is 15. The number of nitrogens with zero attached hydrogens (tertiary/aromatic N) is 5. The van der Waals surface area contributed by atoms with E-state index in [1.165, 1.54) is 5.06 Å². The van der Waals surface area contributed by atoms with Gasteiger partial charge in [-0.1, -0.05) is 45.1 Å². The third kappa shape index (κ3) is 6.48. The normalized spacial score (nSPS) is 23.3. The Morgan fingerprint density at radius 3 is 2.07 bits per heavy atom. The van der Waals surface area contributed by atoms with Gasteiger partial charge in [-0.3, -0.25) is 14.6 Å². The number of hydrogen-bond acceptors (Lipinski definition) is 10. The van der Waals surface area contributed by atoms with Crippen LogP contribution >= 0.6 is 0 Å². The first-order valence-electron chi connectivity index (χ1n) is 10.7. The van der Waals surface area contributed by atoms with Gasteiger partial charge in [-0.25, -0.2) is 9.89 Å². The highest BCUT2D eigenvalue weighted by molar-refractivity contribution is 5.78. The number of guanidine groups is 1. The lowest BCUT2D eigenvalue weighted by Crippen LogP contribution is -2.78. The summed E-state index contributed by atoms with van der Waals surface area (Å²) < 4.78 is 6.38. The number of hydroxylamine groups is 4. The van der Waals surface area contributed by atoms with Crippen molar-refractivity contribution in [2.45, 2.75) is 71.6 Å². The van der Waals surface area contributed by atoms with Crippen molar-refractivity contribution in [3.63, 3.8) is 0 Å². The molecule has 0 aromatic rings. The van der Waals surface area contributed by atoms with Gasteiger partial charge in [-0.2, -0.15) is 5.06 Å². The second kappa shape index (κ2) is 13.3. The molecular formula is C19H42N6O4. The molecule has 0 spiro atoms. The number of hydrogen-bond donors (Lipinski definition) is 2. The van der Waals surface area contributed by atoms with E-state index in [1.807, 2.05) is 19.0 Å². The third-order valence-corrected chi connectivity index (χ3v) is 4.63. The lowest BCUT2D eigenvalue weighted by Gasteiger charge is -2.55. The molecule has 0 amide bonds. The molecule has 172 valence electrons. The molecule has 0 aliphatic carbocycles. The fraction of sp³-hybridized carbons (Fsp3) is 0.947. The largest absolute Gasteiger partial charge is 0.381 e. The van der Waals surface area contributed by atoms with E-state index in [0.29, 0.717) is 19.8 Å². The van der Waals surface area contributed by atoms with Crippen LogP contribution in [0.4, 0.5) is 0 Å². The summed E-state index contributed by atoms with van der Waals surface area (Å²) in [5.74, 6) is -1.22. The van der Waals surface area contributed by atoms with Crippen molar-refractivity contribution in [2.24, 2.45) is 10.7 Å². The van der Waals surface area contributed by atoms with Crippen molar-refractivity contribution in [1.82, 2.24) is 19.9 Å². The van der Waals surface area contributed by atoms with Crippen molar-refractivity contribution in [3.8, 4) is 0 Å². The Kier molecular flexibility index (Phi) is 12.0. The lowest BCUT2D eigenvalue weighted by atomic mass is 10.3. The molecule has 1 heterocycles.